The SMILES string of the molecule is C=CCOC(=O)C1=C(C)NC(=O)N[C@H]1/C=C\c1ccccc1. The highest BCUT2D eigenvalue weighted by Gasteiger charge is 2.29. The van der Waals surface area contributed by atoms with Gasteiger partial charge in [0, 0.05) is 5.70 Å². The van der Waals surface area contributed by atoms with Gasteiger partial charge in [-0.2, -0.15) is 0 Å². The molecule has 1 aliphatic rings. The van der Waals surface area contributed by atoms with E-state index < -0.39 is 12.0 Å². The van der Waals surface area contributed by atoms with E-state index in [4.69, 9.17) is 4.74 Å². The summed E-state index contributed by atoms with van der Waals surface area (Å²) >= 11 is 0. The summed E-state index contributed by atoms with van der Waals surface area (Å²) < 4.78 is 5.08. The average molecular weight is 298 g/mol. The van der Waals surface area contributed by atoms with E-state index in [0.717, 1.165) is 5.56 Å². The summed E-state index contributed by atoms with van der Waals surface area (Å²) in [6, 6.07) is 8.75. The summed E-state index contributed by atoms with van der Waals surface area (Å²) in [7, 11) is 0. The van der Waals surface area contributed by atoms with Gasteiger partial charge in [-0.05, 0) is 12.5 Å². The first kappa shape index (κ1) is 15.6. The van der Waals surface area contributed by atoms with Crippen LogP contribution in [0.4, 0.5) is 4.79 Å². The first-order valence-electron chi connectivity index (χ1n) is 6.91. The number of carbonyl (C=O) groups is 2. The average Bonchev–Trinajstić information content (AvgIpc) is 2.51. The Morgan fingerprint density at radius 2 is 2.09 bits per heavy atom. The Hall–Kier alpha value is -2.82. The molecule has 1 aliphatic heterocycles. The van der Waals surface area contributed by atoms with Crippen LogP contribution in [0.15, 0.2) is 60.3 Å². The quantitative estimate of drug-likeness (QED) is 0.648. The van der Waals surface area contributed by atoms with Gasteiger partial charge in [-0.15, -0.1) is 0 Å². The molecule has 1 aromatic rings. The van der Waals surface area contributed by atoms with Crippen molar-refractivity contribution in [1.82, 2.24) is 10.6 Å². The number of benzene rings is 1. The van der Waals surface area contributed by atoms with Crippen molar-refractivity contribution in [2.75, 3.05) is 6.61 Å². The van der Waals surface area contributed by atoms with Crippen molar-refractivity contribution in [2.24, 2.45) is 0 Å². The van der Waals surface area contributed by atoms with Gasteiger partial charge in [-0.25, -0.2) is 9.59 Å². The Labute approximate surface area is 129 Å². The third-order valence-corrected chi connectivity index (χ3v) is 3.14. The lowest BCUT2D eigenvalue weighted by atomic mass is 10.0. The molecule has 5 heteroatoms. The van der Waals surface area contributed by atoms with Crippen molar-refractivity contribution in [2.45, 2.75) is 13.0 Å². The second kappa shape index (κ2) is 7.26. The number of allylic oxidation sites excluding steroid dienone is 1. The maximum absolute atomic E-state index is 12.1. The molecule has 22 heavy (non-hydrogen) atoms. The van der Waals surface area contributed by atoms with Crippen LogP contribution >= 0.6 is 0 Å². The number of ether oxygens (including phenoxy) is 1. The highest BCUT2D eigenvalue weighted by atomic mass is 16.5. The van der Waals surface area contributed by atoms with Crippen molar-refractivity contribution >= 4 is 18.1 Å². The van der Waals surface area contributed by atoms with Gasteiger partial charge in [-0.3, -0.25) is 0 Å². The zero-order chi connectivity index (χ0) is 15.9. The molecule has 0 saturated heterocycles. The summed E-state index contributed by atoms with van der Waals surface area (Å²) in [5.41, 5.74) is 1.85. The van der Waals surface area contributed by atoms with Crippen LogP contribution in [0.2, 0.25) is 0 Å². The molecule has 5 nitrogen and oxygen atoms in total. The fraction of sp³-hybridized carbons (Fsp3) is 0.176. The Balaban J connectivity index is 2.24. The van der Waals surface area contributed by atoms with Gasteiger partial charge >= 0.3 is 12.0 Å². The number of hydrogen-bond acceptors (Lipinski definition) is 3. The normalized spacial score (nSPS) is 17.9. The molecule has 2 N–H and O–H groups in total. The molecular formula is C17H18N2O3. The molecule has 2 rings (SSSR count). The minimum Gasteiger partial charge on any atom is -0.458 e. The molecule has 0 aromatic heterocycles. The summed E-state index contributed by atoms with van der Waals surface area (Å²) in [5, 5.41) is 5.29. The molecule has 0 radical (unpaired) electrons. The largest absolute Gasteiger partial charge is 0.458 e. The Kier molecular flexibility index (Phi) is 5.14. The number of hydrogen-bond donors (Lipinski definition) is 2. The lowest BCUT2D eigenvalue weighted by Crippen LogP contribution is -2.49. The molecule has 1 atom stereocenters. The van der Waals surface area contributed by atoms with Crippen LogP contribution < -0.4 is 10.6 Å². The van der Waals surface area contributed by atoms with Crippen LogP contribution in [0.3, 0.4) is 0 Å². The smallest absolute Gasteiger partial charge is 0.338 e. The number of esters is 1. The molecule has 1 aromatic carbocycles. The summed E-state index contributed by atoms with van der Waals surface area (Å²) in [5.74, 6) is -0.479. The highest BCUT2D eigenvalue weighted by molar-refractivity contribution is 5.95. The van der Waals surface area contributed by atoms with Crippen LogP contribution in [0.25, 0.3) is 6.08 Å². The van der Waals surface area contributed by atoms with Gasteiger partial charge in [0.25, 0.3) is 0 Å². The molecular weight excluding hydrogens is 280 g/mol. The maximum Gasteiger partial charge on any atom is 0.338 e. The van der Waals surface area contributed by atoms with Crippen LogP contribution in [0.5, 0.6) is 0 Å². The van der Waals surface area contributed by atoms with E-state index in [1.54, 1.807) is 13.0 Å². The minimum atomic E-state index is -0.536. The van der Waals surface area contributed by atoms with Gasteiger partial charge in [0.05, 0.1) is 11.6 Å². The van der Waals surface area contributed by atoms with Gasteiger partial charge < -0.3 is 15.4 Å². The van der Waals surface area contributed by atoms with E-state index in [1.807, 2.05) is 36.4 Å². The van der Waals surface area contributed by atoms with E-state index in [0.29, 0.717) is 11.3 Å². The molecule has 0 bridgehead atoms. The minimum absolute atomic E-state index is 0.124. The molecule has 0 unspecified atom stereocenters. The Bertz CT molecular complexity index is 633. The predicted molar refractivity (Wildman–Crippen MR) is 84.8 cm³/mol. The first-order chi connectivity index (χ1) is 10.6. The molecule has 0 aliphatic carbocycles. The second-order valence-electron chi connectivity index (χ2n) is 4.77. The lowest BCUT2D eigenvalue weighted by Gasteiger charge is -2.25. The molecule has 1 heterocycles. The molecule has 114 valence electrons. The highest BCUT2D eigenvalue weighted by Crippen LogP contribution is 2.16. The molecule has 0 spiro atoms. The predicted octanol–water partition coefficient (Wildman–Crippen LogP) is 2.38. The zero-order valence-corrected chi connectivity index (χ0v) is 12.3. The van der Waals surface area contributed by atoms with E-state index in [2.05, 4.69) is 17.2 Å². The van der Waals surface area contributed by atoms with Gasteiger partial charge in [-0.1, -0.05) is 55.1 Å². The fourth-order valence-corrected chi connectivity index (χ4v) is 2.13. The fourth-order valence-electron chi connectivity index (χ4n) is 2.13. The van der Waals surface area contributed by atoms with Crippen LogP contribution in [-0.2, 0) is 9.53 Å². The summed E-state index contributed by atoms with van der Waals surface area (Å²) in [4.78, 5) is 23.8. The van der Waals surface area contributed by atoms with Crippen molar-refractivity contribution in [1.29, 1.82) is 0 Å². The van der Waals surface area contributed by atoms with E-state index in [9.17, 15) is 9.59 Å². The number of urea groups is 1. The zero-order valence-electron chi connectivity index (χ0n) is 12.3. The topological polar surface area (TPSA) is 67.4 Å². The van der Waals surface area contributed by atoms with Gasteiger partial charge in [0.2, 0.25) is 0 Å². The van der Waals surface area contributed by atoms with Crippen molar-refractivity contribution in [3.8, 4) is 0 Å². The van der Waals surface area contributed by atoms with Crippen LogP contribution in [0.1, 0.15) is 12.5 Å². The summed E-state index contributed by atoms with van der Waals surface area (Å²) in [6.45, 7) is 5.31. The number of rotatable bonds is 5. The Morgan fingerprint density at radius 1 is 1.36 bits per heavy atom. The van der Waals surface area contributed by atoms with Crippen LogP contribution in [0, 0.1) is 0 Å². The third kappa shape index (κ3) is 3.85. The van der Waals surface area contributed by atoms with Crippen LogP contribution in [-0.4, -0.2) is 24.6 Å². The van der Waals surface area contributed by atoms with E-state index in [1.165, 1.54) is 6.08 Å². The van der Waals surface area contributed by atoms with Crippen molar-refractivity contribution in [3.05, 3.63) is 65.9 Å². The monoisotopic (exact) mass is 298 g/mol. The van der Waals surface area contributed by atoms with Crippen molar-refractivity contribution < 1.29 is 14.3 Å². The van der Waals surface area contributed by atoms with Gasteiger partial charge in [0.1, 0.15) is 6.61 Å². The number of carbonyl (C=O) groups excluding carboxylic acids is 2. The first-order valence-corrected chi connectivity index (χ1v) is 6.91. The number of amides is 2. The van der Waals surface area contributed by atoms with Gasteiger partial charge in [0.15, 0.2) is 0 Å². The third-order valence-electron chi connectivity index (χ3n) is 3.14. The summed E-state index contributed by atoms with van der Waals surface area (Å²) in [6.07, 6.45) is 5.11. The molecule has 0 fully saturated rings. The Morgan fingerprint density at radius 3 is 2.77 bits per heavy atom. The van der Waals surface area contributed by atoms with E-state index in [-0.39, 0.29) is 12.6 Å². The maximum atomic E-state index is 12.1. The standard InChI is InChI=1S/C17H18N2O3/c1-3-11-22-16(20)15-12(2)18-17(21)19-14(15)10-9-13-7-5-4-6-8-13/h3-10,14H,1,11H2,2H3,(H2,18,19,21)/b10-9-/t14-/m0/s1. The van der Waals surface area contributed by atoms with E-state index >= 15 is 0 Å². The number of nitrogens with one attached hydrogen (secondary N) is 2. The lowest BCUT2D eigenvalue weighted by molar-refractivity contribution is -0.138. The molecule has 0 saturated carbocycles. The second-order valence-corrected chi connectivity index (χ2v) is 4.77. The van der Waals surface area contributed by atoms with Crippen molar-refractivity contribution in [3.63, 3.8) is 0 Å². The molecule has 2 amide bonds.